The van der Waals surface area contributed by atoms with Crippen LogP contribution in [-0.2, 0) is 5.41 Å². The fourth-order valence-corrected chi connectivity index (χ4v) is 12.7. The molecule has 3 aliphatic rings. The third-order valence-electron chi connectivity index (χ3n) is 15.7. The largest absolute Gasteiger partial charge is 0.457 e. The van der Waals surface area contributed by atoms with E-state index in [1.165, 1.54) is 16.7 Å². The number of rotatable bonds is 8. The van der Waals surface area contributed by atoms with Crippen LogP contribution in [0.1, 0.15) is 60.8 Å². The second kappa shape index (κ2) is 18.3. The van der Waals surface area contributed by atoms with Gasteiger partial charge in [0.2, 0.25) is 0 Å². The van der Waals surface area contributed by atoms with E-state index < -0.39 is 11.3 Å². The molecule has 1 fully saturated rings. The molecule has 0 aromatic heterocycles. The van der Waals surface area contributed by atoms with E-state index in [4.69, 9.17) is 9.47 Å². The summed E-state index contributed by atoms with van der Waals surface area (Å²) in [6.45, 7) is 0. The first-order valence-corrected chi connectivity index (χ1v) is 26.0. The zero-order valence-electron chi connectivity index (χ0n) is 42.0. The molecule has 0 saturated heterocycles. The molecule has 14 rings (SSSR count). The Morgan fingerprint density at radius 3 is 1.03 bits per heavy atom. The fourth-order valence-electron chi connectivity index (χ4n) is 12.7. The Balaban J connectivity index is 1.14. The minimum absolute atomic E-state index is 0.776. The first kappa shape index (κ1) is 42.7. The topological polar surface area (TPSA) is 18.5 Å². The first-order chi connectivity index (χ1) is 37.1. The molecule has 0 unspecified atom stereocenters. The molecule has 0 radical (unpaired) electrons. The molecule has 1 saturated carbocycles. The van der Waals surface area contributed by atoms with Crippen LogP contribution < -0.4 is 9.47 Å². The predicted molar refractivity (Wildman–Crippen MR) is 304 cm³/mol. The van der Waals surface area contributed by atoms with Gasteiger partial charge in [-0.2, -0.15) is 0 Å². The Kier molecular flexibility index (Phi) is 10.5. The maximum Gasteiger partial charge on any atom is 0.140 e. The molecule has 1 aliphatic carbocycles. The molecule has 2 aliphatic heterocycles. The Bertz CT molecular complexity index is 3770. The summed E-state index contributed by atoms with van der Waals surface area (Å²) >= 11 is 0. The van der Waals surface area contributed by atoms with Gasteiger partial charge in [-0.15, -0.1) is 0 Å². The average Bonchev–Trinajstić information content (AvgIpc) is 3.97. The van der Waals surface area contributed by atoms with Crippen molar-refractivity contribution in [1.82, 2.24) is 0 Å². The molecule has 0 N–H and O–H groups in total. The Labute approximate surface area is 435 Å². The van der Waals surface area contributed by atoms with Crippen LogP contribution in [0.4, 0.5) is 0 Å². The summed E-state index contributed by atoms with van der Waals surface area (Å²) in [5.74, 6) is 2.41. The molecule has 11 aromatic carbocycles. The van der Waals surface area contributed by atoms with Crippen LogP contribution in [0, 0.1) is 0 Å². The Hall–Kier alpha value is -8.98. The monoisotopic (exact) mass is 949 g/mol. The van der Waals surface area contributed by atoms with Crippen LogP contribution in [0.15, 0.2) is 261 Å². The summed E-state index contributed by atoms with van der Waals surface area (Å²) in [5.41, 5.74) is 20.1. The number of fused-ring (bicyclic) bond motifs is 8. The van der Waals surface area contributed by atoms with Crippen molar-refractivity contribution in [3.05, 3.63) is 289 Å². The zero-order chi connectivity index (χ0) is 49.9. The van der Waals surface area contributed by atoms with Gasteiger partial charge in [0.15, 0.2) is 0 Å². The molecule has 0 atom stereocenters. The summed E-state index contributed by atoms with van der Waals surface area (Å²) < 4.78 is 24.7. The van der Waals surface area contributed by atoms with Crippen molar-refractivity contribution in [1.29, 1.82) is 0 Å². The van der Waals surface area contributed by atoms with Crippen LogP contribution in [0.25, 0.3) is 77.9 Å². The molecule has 2 heterocycles. The summed E-state index contributed by atoms with van der Waals surface area (Å²) in [6, 6.07) is 94.1. The first-order valence-electron chi connectivity index (χ1n) is 26.5. The van der Waals surface area contributed by atoms with Gasteiger partial charge in [0, 0.05) is 29.2 Å². The summed E-state index contributed by atoms with van der Waals surface area (Å²) in [5, 5.41) is 0. The van der Waals surface area contributed by atoms with Crippen molar-refractivity contribution in [2.45, 2.75) is 37.0 Å². The van der Waals surface area contributed by atoms with Gasteiger partial charge in [0.1, 0.15) is 23.0 Å². The number of hydrogen-bond acceptors (Lipinski definition) is 2. The van der Waals surface area contributed by atoms with Crippen LogP contribution in [0.3, 0.4) is 0 Å². The van der Waals surface area contributed by atoms with Gasteiger partial charge in [-0.05, 0) is 121 Å². The molecular weight excluding hydrogens is 897 g/mol. The quantitative estimate of drug-likeness (QED) is 0.151. The van der Waals surface area contributed by atoms with Gasteiger partial charge in [-0.3, -0.25) is 0 Å². The van der Waals surface area contributed by atoms with Crippen molar-refractivity contribution >= 4 is 0 Å². The minimum atomic E-state index is -0.817. The fraction of sp³-hybridized carbons (Fsp3) is 0.0833. The number of benzene rings is 11. The molecule has 2 heteroatoms. The lowest BCUT2D eigenvalue weighted by atomic mass is 9.61. The molecule has 2 nitrogen and oxygen atoms in total. The van der Waals surface area contributed by atoms with E-state index in [0.717, 1.165) is 138 Å². The Morgan fingerprint density at radius 1 is 0.297 bits per heavy atom. The Morgan fingerprint density at radius 2 is 0.622 bits per heavy atom. The van der Waals surface area contributed by atoms with Crippen molar-refractivity contribution in [2.75, 3.05) is 0 Å². The maximum atomic E-state index is 10.4. The molecule has 74 heavy (non-hydrogen) atoms. The highest BCUT2D eigenvalue weighted by atomic mass is 16.5. The van der Waals surface area contributed by atoms with Crippen molar-refractivity contribution in [3.8, 4) is 101 Å². The van der Waals surface area contributed by atoms with Crippen molar-refractivity contribution in [2.24, 2.45) is 0 Å². The molecule has 0 bridgehead atoms. The van der Waals surface area contributed by atoms with E-state index >= 15 is 0 Å². The molecular formula is C72H52O2. The van der Waals surface area contributed by atoms with Gasteiger partial charge >= 0.3 is 0 Å². The van der Waals surface area contributed by atoms with Gasteiger partial charge < -0.3 is 9.47 Å². The van der Waals surface area contributed by atoms with E-state index in [0.29, 0.717) is 0 Å². The lowest BCUT2D eigenvalue weighted by Gasteiger charge is -2.45. The van der Waals surface area contributed by atoms with Gasteiger partial charge in [0.25, 0.3) is 0 Å². The number of hydrogen-bond donors (Lipinski definition) is 0. The number of para-hydroxylation sites is 3. The smallest absolute Gasteiger partial charge is 0.140 e. The van der Waals surface area contributed by atoms with Crippen LogP contribution in [-0.4, -0.2) is 0 Å². The minimum Gasteiger partial charge on any atom is -0.457 e. The SMILES string of the molecule is [2H]C1(c2ccc3c(c2-c2cccc(-c4c(-c5ccccc5)c(-c5ccccc5)c(-c5ccccc5)c(-c5ccccc5)c4-c4ccccc4)c2)Oc2ccccc2C32c3ccccc3Oc3ccccc32)CCCC1. The zero-order valence-corrected chi connectivity index (χ0v) is 41.0. The summed E-state index contributed by atoms with van der Waals surface area (Å²) in [6.07, 6.45) is 3.56. The van der Waals surface area contributed by atoms with E-state index in [2.05, 4.69) is 261 Å². The van der Waals surface area contributed by atoms with Crippen molar-refractivity contribution in [3.63, 3.8) is 0 Å². The second-order valence-electron chi connectivity index (χ2n) is 19.8. The van der Waals surface area contributed by atoms with E-state index in [-0.39, 0.29) is 0 Å². The van der Waals surface area contributed by atoms with E-state index in [1.807, 2.05) is 0 Å². The van der Waals surface area contributed by atoms with Gasteiger partial charge in [-0.25, -0.2) is 0 Å². The maximum absolute atomic E-state index is 10.4. The van der Waals surface area contributed by atoms with Crippen LogP contribution in [0.2, 0.25) is 0 Å². The van der Waals surface area contributed by atoms with E-state index in [9.17, 15) is 1.37 Å². The lowest BCUT2D eigenvalue weighted by Crippen LogP contribution is -2.37. The third-order valence-corrected chi connectivity index (χ3v) is 15.7. The highest BCUT2D eigenvalue weighted by Gasteiger charge is 2.51. The van der Waals surface area contributed by atoms with Crippen LogP contribution in [0.5, 0.6) is 23.0 Å². The van der Waals surface area contributed by atoms with Crippen LogP contribution >= 0.6 is 0 Å². The second-order valence-corrected chi connectivity index (χ2v) is 19.8. The van der Waals surface area contributed by atoms with Crippen molar-refractivity contribution < 1.29 is 10.8 Å². The highest BCUT2D eigenvalue weighted by molar-refractivity contribution is 6.15. The predicted octanol–water partition coefficient (Wildman–Crippen LogP) is 19.6. The molecule has 0 amide bonds. The van der Waals surface area contributed by atoms with E-state index in [1.54, 1.807) is 0 Å². The standard InChI is InChI=1S/C72H52O2/c1-6-27-49(28-7-1)65-66(50-29-8-2-9-30-50)68(52-33-12-4-13-34-52)70(69(53-35-14-5-15-36-53)67(65)51-31-10-3-11-32-51)55-38-24-37-54(47-55)64-56(48-25-16-17-26-48)45-46-60-71(64)74-63-44-23-20-41-59(63)72(60)57-39-18-21-42-61(57)73-62-43-22-19-40-58(62)72/h1-15,18-24,27-48H,16-17,25-26H2/i48D. The molecule has 352 valence electrons. The average molecular weight is 950 g/mol. The molecule has 11 aromatic rings. The third kappa shape index (κ3) is 7.01. The lowest BCUT2D eigenvalue weighted by molar-refractivity contribution is 0.399. The normalized spacial score (nSPS) is 14.6. The molecule has 1 spiro atoms. The van der Waals surface area contributed by atoms with Gasteiger partial charge in [0.05, 0.1) is 5.41 Å². The highest BCUT2D eigenvalue weighted by Crippen LogP contribution is 2.64. The number of ether oxygens (including phenoxy) is 2. The summed E-state index contributed by atoms with van der Waals surface area (Å²) in [4.78, 5) is 0. The summed E-state index contributed by atoms with van der Waals surface area (Å²) in [7, 11) is 0. The van der Waals surface area contributed by atoms with Gasteiger partial charge in [-0.1, -0.05) is 249 Å².